The van der Waals surface area contributed by atoms with Crippen molar-refractivity contribution >= 4 is 5.69 Å². The van der Waals surface area contributed by atoms with Gasteiger partial charge in [0.15, 0.2) is 0 Å². The summed E-state index contributed by atoms with van der Waals surface area (Å²) in [5.41, 5.74) is 4.21. The second-order valence-electron chi connectivity index (χ2n) is 5.57. The zero-order valence-corrected chi connectivity index (χ0v) is 12.7. The topological polar surface area (TPSA) is 12.5 Å². The summed E-state index contributed by atoms with van der Waals surface area (Å²) in [6.45, 7) is 4.99. The van der Waals surface area contributed by atoms with Crippen LogP contribution < -0.4 is 9.64 Å². The quantitative estimate of drug-likeness (QED) is 0.819. The van der Waals surface area contributed by atoms with Gasteiger partial charge in [0.2, 0.25) is 0 Å². The Bertz CT molecular complexity index is 576. The third kappa shape index (κ3) is 3.38. The van der Waals surface area contributed by atoms with Gasteiger partial charge in [-0.1, -0.05) is 37.3 Å². The van der Waals surface area contributed by atoms with E-state index in [2.05, 4.69) is 60.4 Å². The first-order valence-electron chi connectivity index (χ1n) is 7.91. The molecule has 0 N–H and O–H groups in total. The molecular formula is C19H23NO. The summed E-state index contributed by atoms with van der Waals surface area (Å²) < 4.78 is 5.88. The number of hydrogen-bond acceptors (Lipinski definition) is 2. The van der Waals surface area contributed by atoms with Crippen molar-refractivity contribution < 1.29 is 4.74 Å². The lowest BCUT2D eigenvalue weighted by Gasteiger charge is -2.31. The minimum atomic E-state index is 0.736. The average molecular weight is 281 g/mol. The number of aryl methyl sites for hydroxylation is 2. The van der Waals surface area contributed by atoms with Crippen LogP contribution in [0.15, 0.2) is 48.5 Å². The van der Waals surface area contributed by atoms with Gasteiger partial charge in [0.05, 0.1) is 6.54 Å². The summed E-state index contributed by atoms with van der Waals surface area (Å²) in [5.74, 6) is 0.970. The minimum absolute atomic E-state index is 0.736. The smallest absolute Gasteiger partial charge is 0.119 e. The van der Waals surface area contributed by atoms with Crippen LogP contribution in [0.1, 0.15) is 24.5 Å². The Morgan fingerprint density at radius 1 is 1.05 bits per heavy atom. The zero-order chi connectivity index (χ0) is 14.5. The van der Waals surface area contributed by atoms with Gasteiger partial charge in [-0.2, -0.15) is 0 Å². The number of rotatable bonds is 5. The predicted octanol–water partition coefficient (Wildman–Crippen LogP) is 4.08. The van der Waals surface area contributed by atoms with Crippen LogP contribution in [0.4, 0.5) is 5.69 Å². The van der Waals surface area contributed by atoms with Crippen molar-refractivity contribution in [3.05, 3.63) is 59.7 Å². The standard InChI is InChI=1S/C19H23NO/c1-2-16-9-11-18(12-10-16)21-15-14-20-13-5-7-17-6-3-4-8-19(17)20/h3-4,6,8-12H,2,5,7,13-15H2,1H3. The first kappa shape index (κ1) is 14.0. The molecule has 2 aromatic carbocycles. The lowest BCUT2D eigenvalue weighted by atomic mass is 10.0. The number of benzene rings is 2. The first-order valence-corrected chi connectivity index (χ1v) is 7.91. The number of nitrogens with zero attached hydrogens (tertiary/aromatic N) is 1. The maximum absolute atomic E-state index is 5.88. The third-order valence-corrected chi connectivity index (χ3v) is 4.17. The Hall–Kier alpha value is -1.96. The largest absolute Gasteiger partial charge is 0.492 e. The second kappa shape index (κ2) is 6.66. The van der Waals surface area contributed by atoms with Crippen LogP contribution in [-0.2, 0) is 12.8 Å². The highest BCUT2D eigenvalue weighted by Crippen LogP contribution is 2.26. The monoisotopic (exact) mass is 281 g/mol. The van der Waals surface area contributed by atoms with Crippen molar-refractivity contribution in [1.29, 1.82) is 0 Å². The molecule has 21 heavy (non-hydrogen) atoms. The molecule has 2 nitrogen and oxygen atoms in total. The number of para-hydroxylation sites is 1. The van der Waals surface area contributed by atoms with E-state index in [-0.39, 0.29) is 0 Å². The number of hydrogen-bond donors (Lipinski definition) is 0. The molecule has 0 amide bonds. The van der Waals surface area contributed by atoms with Gasteiger partial charge in [0, 0.05) is 12.2 Å². The molecule has 0 radical (unpaired) electrons. The van der Waals surface area contributed by atoms with Crippen molar-refractivity contribution in [2.45, 2.75) is 26.2 Å². The maximum Gasteiger partial charge on any atom is 0.119 e. The van der Waals surface area contributed by atoms with Crippen LogP contribution in [0.3, 0.4) is 0 Å². The summed E-state index contributed by atoms with van der Waals surface area (Å²) in [4.78, 5) is 2.44. The van der Waals surface area contributed by atoms with Gasteiger partial charge in [-0.05, 0) is 48.6 Å². The van der Waals surface area contributed by atoms with Gasteiger partial charge in [0.1, 0.15) is 12.4 Å². The SMILES string of the molecule is CCc1ccc(OCCN2CCCc3ccccc32)cc1. The minimum Gasteiger partial charge on any atom is -0.492 e. The van der Waals surface area contributed by atoms with Crippen LogP contribution >= 0.6 is 0 Å². The maximum atomic E-state index is 5.88. The fourth-order valence-electron chi connectivity index (χ4n) is 2.94. The molecule has 0 atom stereocenters. The van der Waals surface area contributed by atoms with Gasteiger partial charge in [-0.15, -0.1) is 0 Å². The molecule has 0 aromatic heterocycles. The van der Waals surface area contributed by atoms with Gasteiger partial charge < -0.3 is 9.64 Å². The number of fused-ring (bicyclic) bond motifs is 1. The fourth-order valence-corrected chi connectivity index (χ4v) is 2.94. The van der Waals surface area contributed by atoms with Gasteiger partial charge in [-0.3, -0.25) is 0 Å². The lowest BCUT2D eigenvalue weighted by molar-refractivity contribution is 0.322. The molecule has 0 unspecified atom stereocenters. The lowest BCUT2D eigenvalue weighted by Crippen LogP contribution is -2.33. The number of ether oxygens (including phenoxy) is 1. The van der Waals surface area contributed by atoms with Crippen LogP contribution in [-0.4, -0.2) is 19.7 Å². The molecular weight excluding hydrogens is 258 g/mol. The molecule has 0 aliphatic carbocycles. The summed E-state index contributed by atoms with van der Waals surface area (Å²) >= 11 is 0. The van der Waals surface area contributed by atoms with E-state index < -0.39 is 0 Å². The summed E-state index contributed by atoms with van der Waals surface area (Å²) in [6, 6.07) is 17.2. The molecule has 0 bridgehead atoms. The van der Waals surface area contributed by atoms with Crippen molar-refractivity contribution in [2.75, 3.05) is 24.6 Å². The van der Waals surface area contributed by atoms with E-state index in [1.165, 1.54) is 29.7 Å². The molecule has 2 aromatic rings. The second-order valence-corrected chi connectivity index (χ2v) is 5.57. The Kier molecular flexibility index (Phi) is 4.44. The molecule has 0 saturated carbocycles. The molecule has 1 aliphatic heterocycles. The van der Waals surface area contributed by atoms with E-state index in [4.69, 9.17) is 4.74 Å². The van der Waals surface area contributed by atoms with Crippen LogP contribution in [0, 0.1) is 0 Å². The zero-order valence-electron chi connectivity index (χ0n) is 12.7. The Labute approximate surface area is 127 Å². The molecule has 1 heterocycles. The van der Waals surface area contributed by atoms with Gasteiger partial charge in [-0.25, -0.2) is 0 Å². The van der Waals surface area contributed by atoms with Crippen molar-refractivity contribution in [2.24, 2.45) is 0 Å². The van der Waals surface area contributed by atoms with Crippen LogP contribution in [0.2, 0.25) is 0 Å². The average Bonchev–Trinajstić information content (AvgIpc) is 2.56. The fraction of sp³-hybridized carbons (Fsp3) is 0.368. The Balaban J connectivity index is 1.56. The molecule has 0 fully saturated rings. The highest BCUT2D eigenvalue weighted by atomic mass is 16.5. The van der Waals surface area contributed by atoms with E-state index in [0.717, 1.165) is 31.9 Å². The van der Waals surface area contributed by atoms with E-state index in [9.17, 15) is 0 Å². The molecule has 3 rings (SSSR count). The van der Waals surface area contributed by atoms with Gasteiger partial charge >= 0.3 is 0 Å². The van der Waals surface area contributed by atoms with E-state index >= 15 is 0 Å². The molecule has 110 valence electrons. The van der Waals surface area contributed by atoms with Crippen LogP contribution in [0.25, 0.3) is 0 Å². The van der Waals surface area contributed by atoms with E-state index in [1.807, 2.05) is 0 Å². The Morgan fingerprint density at radius 2 is 1.86 bits per heavy atom. The summed E-state index contributed by atoms with van der Waals surface area (Å²) in [7, 11) is 0. The number of anilines is 1. The first-order chi connectivity index (χ1) is 10.4. The highest BCUT2D eigenvalue weighted by molar-refractivity contribution is 5.55. The normalized spacial score (nSPS) is 13.9. The van der Waals surface area contributed by atoms with Crippen molar-refractivity contribution in [3.63, 3.8) is 0 Å². The summed E-state index contributed by atoms with van der Waals surface area (Å²) in [6.07, 6.45) is 3.51. The van der Waals surface area contributed by atoms with E-state index in [0.29, 0.717) is 0 Å². The molecule has 2 heteroatoms. The third-order valence-electron chi connectivity index (χ3n) is 4.17. The summed E-state index contributed by atoms with van der Waals surface area (Å²) in [5, 5.41) is 0. The molecule has 0 spiro atoms. The Morgan fingerprint density at radius 3 is 2.67 bits per heavy atom. The van der Waals surface area contributed by atoms with Crippen LogP contribution in [0.5, 0.6) is 5.75 Å². The van der Waals surface area contributed by atoms with Crippen molar-refractivity contribution in [3.8, 4) is 5.75 Å². The van der Waals surface area contributed by atoms with Crippen molar-refractivity contribution in [1.82, 2.24) is 0 Å². The predicted molar refractivity (Wildman–Crippen MR) is 88.3 cm³/mol. The van der Waals surface area contributed by atoms with Gasteiger partial charge in [0.25, 0.3) is 0 Å². The molecule has 0 saturated heterocycles. The highest BCUT2D eigenvalue weighted by Gasteiger charge is 2.15. The van der Waals surface area contributed by atoms with E-state index in [1.54, 1.807) is 0 Å². The molecule has 1 aliphatic rings.